The number of anilines is 2. The summed E-state index contributed by atoms with van der Waals surface area (Å²) in [5, 5.41) is 11.9. The lowest BCUT2D eigenvalue weighted by Gasteiger charge is -2.30. The van der Waals surface area contributed by atoms with E-state index in [2.05, 4.69) is 33.0 Å². The molecule has 4 N–H and O–H groups in total. The Hall–Kier alpha value is -1.78. The van der Waals surface area contributed by atoms with E-state index in [0.717, 1.165) is 6.07 Å². The molecule has 4 nitrogen and oxygen atoms in total. The van der Waals surface area contributed by atoms with Crippen LogP contribution in [0.2, 0.25) is 0 Å². The van der Waals surface area contributed by atoms with E-state index in [1.807, 2.05) is 0 Å². The Morgan fingerprint density at radius 1 is 1.47 bits per heavy atom. The summed E-state index contributed by atoms with van der Waals surface area (Å²) in [6.45, 7) is 8.86. The summed E-state index contributed by atoms with van der Waals surface area (Å²) < 4.78 is 13.7. The van der Waals surface area contributed by atoms with Crippen molar-refractivity contribution in [3.8, 4) is 0 Å². The number of rotatable bonds is 5. The molecule has 0 atom stereocenters. The Kier molecular flexibility index (Phi) is 4.39. The Bertz CT molecular complexity index is 485. The van der Waals surface area contributed by atoms with E-state index < -0.39 is 11.8 Å². The molecule has 0 unspecified atom stereocenters. The number of nitrogens with two attached hydrogens (primary N) is 1. The zero-order valence-electron chi connectivity index (χ0n) is 11.7. The van der Waals surface area contributed by atoms with Crippen LogP contribution in [0.3, 0.4) is 0 Å². The molecule has 0 fully saturated rings. The highest BCUT2D eigenvalue weighted by Crippen LogP contribution is 2.28. The number of nitrogens with one attached hydrogen (secondary N) is 1. The lowest BCUT2D eigenvalue weighted by molar-refractivity contribution is 0.0698. The topological polar surface area (TPSA) is 75.3 Å². The fraction of sp³-hybridized carbons (Fsp3) is 0.500. The van der Waals surface area contributed by atoms with Crippen LogP contribution in [-0.2, 0) is 0 Å². The second-order valence-corrected chi connectivity index (χ2v) is 5.72. The van der Waals surface area contributed by atoms with Crippen LogP contribution >= 0.6 is 0 Å². The standard InChI is InChI=1S/C14H21FN2O2/c1-8(2)14(3,4)7-17-12-5-9(13(18)19)11(16)6-10(12)15/h5-6,8,17H,7,16H2,1-4H3,(H,18,19). The molecule has 0 saturated heterocycles. The molecule has 0 aromatic heterocycles. The predicted molar refractivity (Wildman–Crippen MR) is 74.9 cm³/mol. The monoisotopic (exact) mass is 268 g/mol. The third-order valence-electron chi connectivity index (χ3n) is 3.67. The van der Waals surface area contributed by atoms with Gasteiger partial charge in [-0.1, -0.05) is 27.7 Å². The summed E-state index contributed by atoms with van der Waals surface area (Å²) in [7, 11) is 0. The van der Waals surface area contributed by atoms with Gasteiger partial charge in [0.05, 0.1) is 11.3 Å². The fourth-order valence-corrected chi connectivity index (χ4v) is 1.44. The van der Waals surface area contributed by atoms with Gasteiger partial charge in [0.25, 0.3) is 0 Å². The molecule has 0 aliphatic heterocycles. The van der Waals surface area contributed by atoms with Crippen molar-refractivity contribution in [3.05, 3.63) is 23.5 Å². The van der Waals surface area contributed by atoms with E-state index in [9.17, 15) is 9.18 Å². The first-order valence-electron chi connectivity index (χ1n) is 6.21. The van der Waals surface area contributed by atoms with Crippen LogP contribution in [0.5, 0.6) is 0 Å². The fourth-order valence-electron chi connectivity index (χ4n) is 1.44. The normalized spacial score (nSPS) is 11.7. The number of hydrogen-bond acceptors (Lipinski definition) is 3. The van der Waals surface area contributed by atoms with Gasteiger partial charge in [0, 0.05) is 12.2 Å². The average Bonchev–Trinajstić information content (AvgIpc) is 2.27. The Morgan fingerprint density at radius 3 is 2.53 bits per heavy atom. The van der Waals surface area contributed by atoms with Crippen molar-refractivity contribution >= 4 is 17.3 Å². The predicted octanol–water partition coefficient (Wildman–Crippen LogP) is 3.20. The molecule has 0 radical (unpaired) electrons. The van der Waals surface area contributed by atoms with E-state index in [0.29, 0.717) is 12.5 Å². The minimum Gasteiger partial charge on any atom is -0.478 e. The number of benzene rings is 1. The Labute approximate surface area is 112 Å². The first-order chi connectivity index (χ1) is 8.65. The van der Waals surface area contributed by atoms with E-state index in [4.69, 9.17) is 10.8 Å². The van der Waals surface area contributed by atoms with Gasteiger partial charge in [0.2, 0.25) is 0 Å². The van der Waals surface area contributed by atoms with Gasteiger partial charge in [-0.15, -0.1) is 0 Å². The van der Waals surface area contributed by atoms with Crippen LogP contribution in [0.4, 0.5) is 15.8 Å². The molecular weight excluding hydrogens is 247 g/mol. The van der Waals surface area contributed by atoms with E-state index in [1.54, 1.807) is 0 Å². The SMILES string of the molecule is CC(C)C(C)(C)CNc1cc(C(=O)O)c(N)cc1F. The highest BCUT2D eigenvalue weighted by Gasteiger charge is 2.23. The summed E-state index contributed by atoms with van der Waals surface area (Å²) in [5.41, 5.74) is 5.45. The minimum atomic E-state index is -1.16. The quantitative estimate of drug-likeness (QED) is 0.717. The van der Waals surface area contributed by atoms with Crippen molar-refractivity contribution in [1.82, 2.24) is 0 Å². The number of hydrogen-bond donors (Lipinski definition) is 3. The molecule has 5 heteroatoms. The second-order valence-electron chi connectivity index (χ2n) is 5.72. The molecule has 0 heterocycles. The van der Waals surface area contributed by atoms with Gasteiger partial charge >= 0.3 is 5.97 Å². The molecule has 0 saturated carbocycles. The van der Waals surface area contributed by atoms with Crippen molar-refractivity contribution in [2.45, 2.75) is 27.7 Å². The molecule has 1 aromatic carbocycles. The molecule has 1 rings (SSSR count). The summed E-state index contributed by atoms with van der Waals surface area (Å²) in [6.07, 6.45) is 0. The zero-order valence-corrected chi connectivity index (χ0v) is 11.7. The third kappa shape index (κ3) is 3.59. The van der Waals surface area contributed by atoms with Crippen molar-refractivity contribution in [3.63, 3.8) is 0 Å². The van der Waals surface area contributed by atoms with Crippen LogP contribution in [0, 0.1) is 17.2 Å². The number of carbonyl (C=O) groups is 1. The molecule has 19 heavy (non-hydrogen) atoms. The van der Waals surface area contributed by atoms with Gasteiger partial charge in [-0.2, -0.15) is 0 Å². The van der Waals surface area contributed by atoms with Crippen LogP contribution in [0.25, 0.3) is 0 Å². The zero-order chi connectivity index (χ0) is 14.8. The molecular formula is C14H21FN2O2. The van der Waals surface area contributed by atoms with Gasteiger partial charge < -0.3 is 16.2 Å². The number of carboxylic acid groups (broad SMARTS) is 1. The number of nitrogen functional groups attached to an aromatic ring is 1. The maximum Gasteiger partial charge on any atom is 0.337 e. The number of aromatic carboxylic acids is 1. The van der Waals surface area contributed by atoms with E-state index >= 15 is 0 Å². The molecule has 0 amide bonds. The first kappa shape index (κ1) is 15.3. The van der Waals surface area contributed by atoms with E-state index in [-0.39, 0.29) is 22.4 Å². The summed E-state index contributed by atoms with van der Waals surface area (Å²) >= 11 is 0. The van der Waals surface area contributed by atoms with Crippen LogP contribution in [0.15, 0.2) is 12.1 Å². The first-order valence-corrected chi connectivity index (χ1v) is 6.21. The van der Waals surface area contributed by atoms with Gasteiger partial charge in [-0.3, -0.25) is 0 Å². The van der Waals surface area contributed by atoms with Gasteiger partial charge in [0.15, 0.2) is 0 Å². The number of carboxylic acids is 1. The second kappa shape index (κ2) is 5.47. The number of halogens is 1. The molecule has 106 valence electrons. The Balaban J connectivity index is 2.96. The maximum absolute atomic E-state index is 13.7. The van der Waals surface area contributed by atoms with Crippen LogP contribution in [0.1, 0.15) is 38.1 Å². The summed E-state index contributed by atoms with van der Waals surface area (Å²) in [6, 6.07) is 2.28. The van der Waals surface area contributed by atoms with Crippen molar-refractivity contribution in [2.75, 3.05) is 17.6 Å². The smallest absolute Gasteiger partial charge is 0.337 e. The summed E-state index contributed by atoms with van der Waals surface area (Å²) in [4.78, 5) is 11.0. The van der Waals surface area contributed by atoms with Gasteiger partial charge in [-0.25, -0.2) is 9.18 Å². The largest absolute Gasteiger partial charge is 0.478 e. The molecule has 0 bridgehead atoms. The van der Waals surface area contributed by atoms with Gasteiger partial charge in [-0.05, 0) is 23.5 Å². The average molecular weight is 268 g/mol. The molecule has 0 spiro atoms. The maximum atomic E-state index is 13.7. The van der Waals surface area contributed by atoms with Crippen LogP contribution < -0.4 is 11.1 Å². The minimum absolute atomic E-state index is 0.0305. The third-order valence-corrected chi connectivity index (χ3v) is 3.67. The van der Waals surface area contributed by atoms with Crippen molar-refractivity contribution < 1.29 is 14.3 Å². The highest BCUT2D eigenvalue weighted by molar-refractivity contribution is 5.94. The molecule has 0 aliphatic rings. The van der Waals surface area contributed by atoms with Gasteiger partial charge in [0.1, 0.15) is 5.82 Å². The lowest BCUT2D eigenvalue weighted by atomic mass is 9.81. The van der Waals surface area contributed by atoms with Crippen molar-refractivity contribution in [2.24, 2.45) is 11.3 Å². The lowest BCUT2D eigenvalue weighted by Crippen LogP contribution is -2.28. The van der Waals surface area contributed by atoms with Crippen molar-refractivity contribution in [1.29, 1.82) is 0 Å². The molecule has 0 aliphatic carbocycles. The molecule has 1 aromatic rings. The highest BCUT2D eigenvalue weighted by atomic mass is 19.1. The summed E-state index contributed by atoms with van der Waals surface area (Å²) in [5.74, 6) is -1.29. The van der Waals surface area contributed by atoms with Crippen LogP contribution in [-0.4, -0.2) is 17.6 Å². The Morgan fingerprint density at radius 2 is 2.05 bits per heavy atom. The van der Waals surface area contributed by atoms with E-state index in [1.165, 1.54) is 6.07 Å².